The second-order valence-electron chi connectivity index (χ2n) is 7.17. The lowest BCUT2D eigenvalue weighted by atomic mass is 9.90. The smallest absolute Gasteiger partial charge is 0.141 e. The number of anilines is 1. The number of nitrogens with zero attached hydrogens (tertiary/aromatic N) is 1. The summed E-state index contributed by atoms with van der Waals surface area (Å²) in [7, 11) is 3.38. The lowest BCUT2D eigenvalue weighted by molar-refractivity contribution is 0.340. The number of hydrogen-bond donors (Lipinski definition) is 2. The van der Waals surface area contributed by atoms with Crippen LogP contribution in [0, 0.1) is 6.92 Å². The maximum atomic E-state index is 10.2. The minimum Gasteiger partial charge on any atom is -0.506 e. The molecular formula is C21H22N2O2S2. The van der Waals surface area contributed by atoms with Gasteiger partial charge in [0.15, 0.2) is 0 Å². The van der Waals surface area contributed by atoms with E-state index in [1.165, 1.54) is 4.88 Å². The topological polar surface area (TPSA) is 53.9 Å². The second kappa shape index (κ2) is 6.69. The summed E-state index contributed by atoms with van der Waals surface area (Å²) in [6.07, 6.45) is 0. The molecule has 140 valence electrons. The van der Waals surface area contributed by atoms with Crippen molar-refractivity contribution >= 4 is 32.1 Å². The van der Waals surface area contributed by atoms with Crippen LogP contribution < -0.4 is 14.7 Å². The Morgan fingerprint density at radius 3 is 2.74 bits per heavy atom. The van der Waals surface area contributed by atoms with Gasteiger partial charge < -0.3 is 15.2 Å². The van der Waals surface area contributed by atoms with Gasteiger partial charge in [0.2, 0.25) is 0 Å². The van der Waals surface area contributed by atoms with E-state index in [2.05, 4.69) is 31.3 Å². The molecule has 0 bridgehead atoms. The molecule has 4 nitrogen and oxygen atoms in total. The van der Waals surface area contributed by atoms with Crippen molar-refractivity contribution in [3.8, 4) is 22.6 Å². The van der Waals surface area contributed by atoms with Crippen molar-refractivity contribution in [2.24, 2.45) is 4.99 Å². The lowest BCUT2D eigenvalue weighted by Gasteiger charge is -2.33. The Hall–Kier alpha value is -2.31. The summed E-state index contributed by atoms with van der Waals surface area (Å²) >= 11 is 0. The molecule has 3 aromatic rings. The SMILES string of the molecule is CCOc1ccc2c(c1)-c1c(ssc1=Nc1cc(C)ccc1O)C(C)(C)N2. The van der Waals surface area contributed by atoms with Gasteiger partial charge in [-0.05, 0) is 63.6 Å². The van der Waals surface area contributed by atoms with Gasteiger partial charge in [-0.25, -0.2) is 4.99 Å². The number of fused-ring (bicyclic) bond motifs is 3. The Labute approximate surface area is 166 Å². The number of phenolic OH excluding ortho intramolecular Hbond substituents is 1. The van der Waals surface area contributed by atoms with Gasteiger partial charge in [-0.1, -0.05) is 26.7 Å². The van der Waals surface area contributed by atoms with E-state index >= 15 is 0 Å². The van der Waals surface area contributed by atoms with Crippen molar-refractivity contribution in [3.05, 3.63) is 51.5 Å². The summed E-state index contributed by atoms with van der Waals surface area (Å²) in [5.41, 5.74) is 4.79. The highest BCUT2D eigenvalue weighted by atomic mass is 32.9. The molecule has 0 fully saturated rings. The van der Waals surface area contributed by atoms with Gasteiger partial charge in [-0.3, -0.25) is 0 Å². The van der Waals surface area contributed by atoms with E-state index < -0.39 is 0 Å². The van der Waals surface area contributed by atoms with Crippen molar-refractivity contribution in [1.29, 1.82) is 0 Å². The van der Waals surface area contributed by atoms with Crippen molar-refractivity contribution in [2.45, 2.75) is 33.2 Å². The van der Waals surface area contributed by atoms with Crippen LogP contribution in [0.5, 0.6) is 11.5 Å². The van der Waals surface area contributed by atoms with Crippen LogP contribution in [0.25, 0.3) is 11.1 Å². The molecule has 0 atom stereocenters. The van der Waals surface area contributed by atoms with Crippen LogP contribution in [-0.2, 0) is 5.54 Å². The highest BCUT2D eigenvalue weighted by Gasteiger charge is 2.33. The summed E-state index contributed by atoms with van der Waals surface area (Å²) in [6.45, 7) is 8.98. The van der Waals surface area contributed by atoms with Crippen LogP contribution in [0.2, 0.25) is 0 Å². The molecule has 2 heterocycles. The second-order valence-corrected chi connectivity index (χ2v) is 9.30. The number of phenols is 1. The van der Waals surface area contributed by atoms with Crippen molar-refractivity contribution in [1.82, 2.24) is 0 Å². The van der Waals surface area contributed by atoms with E-state index in [1.807, 2.05) is 32.0 Å². The number of nitrogens with one attached hydrogen (secondary N) is 1. The van der Waals surface area contributed by atoms with E-state index in [0.717, 1.165) is 32.8 Å². The predicted molar refractivity (Wildman–Crippen MR) is 114 cm³/mol. The molecule has 1 aromatic heterocycles. The fourth-order valence-corrected chi connectivity index (χ4v) is 6.24. The molecule has 0 saturated heterocycles. The Morgan fingerprint density at radius 2 is 1.96 bits per heavy atom. The molecule has 2 aromatic carbocycles. The zero-order valence-electron chi connectivity index (χ0n) is 15.8. The Bertz CT molecular complexity index is 1080. The number of rotatable bonds is 3. The zero-order chi connectivity index (χ0) is 19.2. The largest absolute Gasteiger partial charge is 0.506 e. The molecule has 1 aliphatic rings. The van der Waals surface area contributed by atoms with Crippen molar-refractivity contribution in [3.63, 3.8) is 0 Å². The van der Waals surface area contributed by atoms with Gasteiger partial charge in [0, 0.05) is 16.8 Å². The Morgan fingerprint density at radius 1 is 1.15 bits per heavy atom. The van der Waals surface area contributed by atoms with Crippen LogP contribution in [0.3, 0.4) is 0 Å². The quantitative estimate of drug-likeness (QED) is 0.550. The lowest BCUT2D eigenvalue weighted by Crippen LogP contribution is -2.31. The average Bonchev–Trinajstić information content (AvgIpc) is 3.04. The van der Waals surface area contributed by atoms with E-state index in [1.54, 1.807) is 26.7 Å². The minimum absolute atomic E-state index is 0.181. The summed E-state index contributed by atoms with van der Waals surface area (Å²) < 4.78 is 6.63. The summed E-state index contributed by atoms with van der Waals surface area (Å²) in [5.74, 6) is 1.05. The molecule has 0 spiro atoms. The Balaban J connectivity index is 1.97. The maximum absolute atomic E-state index is 10.2. The first-order valence-corrected chi connectivity index (χ1v) is 11.1. The molecule has 1 aliphatic heterocycles. The first-order chi connectivity index (χ1) is 12.9. The van der Waals surface area contributed by atoms with Gasteiger partial charge in [-0.15, -0.1) is 0 Å². The molecule has 0 aliphatic carbocycles. The summed E-state index contributed by atoms with van der Waals surface area (Å²) in [4.78, 5) is 6.07. The molecule has 0 unspecified atom stereocenters. The van der Waals surface area contributed by atoms with Gasteiger partial charge in [0.05, 0.1) is 17.0 Å². The van der Waals surface area contributed by atoms with Crippen LogP contribution in [0.1, 0.15) is 31.2 Å². The van der Waals surface area contributed by atoms with E-state index in [-0.39, 0.29) is 11.3 Å². The number of aromatic hydroxyl groups is 1. The number of benzene rings is 2. The van der Waals surface area contributed by atoms with E-state index in [4.69, 9.17) is 9.73 Å². The van der Waals surface area contributed by atoms with Crippen LogP contribution in [0.4, 0.5) is 11.4 Å². The van der Waals surface area contributed by atoms with Crippen LogP contribution >= 0.6 is 20.7 Å². The third-order valence-electron chi connectivity index (χ3n) is 4.58. The number of ether oxygens (including phenoxy) is 1. The highest BCUT2D eigenvalue weighted by molar-refractivity contribution is 7.68. The molecule has 0 saturated carbocycles. The molecule has 2 N–H and O–H groups in total. The highest BCUT2D eigenvalue weighted by Crippen LogP contribution is 2.46. The summed E-state index contributed by atoms with van der Waals surface area (Å²) in [5, 5.41) is 13.9. The first-order valence-electron chi connectivity index (χ1n) is 8.92. The average molecular weight is 399 g/mol. The van der Waals surface area contributed by atoms with Crippen molar-refractivity contribution in [2.75, 3.05) is 11.9 Å². The van der Waals surface area contributed by atoms with Gasteiger partial charge in [-0.2, -0.15) is 0 Å². The molecular weight excluding hydrogens is 376 g/mol. The van der Waals surface area contributed by atoms with Crippen molar-refractivity contribution < 1.29 is 9.84 Å². The van der Waals surface area contributed by atoms with Gasteiger partial charge in [0.25, 0.3) is 0 Å². The van der Waals surface area contributed by atoms with E-state index in [0.29, 0.717) is 12.3 Å². The number of aryl methyl sites for hydroxylation is 1. The van der Waals surface area contributed by atoms with Gasteiger partial charge in [0.1, 0.15) is 21.9 Å². The van der Waals surface area contributed by atoms with Gasteiger partial charge >= 0.3 is 0 Å². The van der Waals surface area contributed by atoms with Crippen LogP contribution in [0.15, 0.2) is 41.4 Å². The normalized spacial score (nSPS) is 15.0. The predicted octanol–water partition coefficient (Wildman–Crippen LogP) is 5.78. The standard InChI is InChI=1S/C21H22N2O2S2/c1-5-25-13-7-8-15-14(11-13)18-19(21(3,4)23-15)26-27-20(18)22-16-10-12(2)6-9-17(16)24/h6-11,23-24H,5H2,1-4H3. The molecule has 27 heavy (non-hydrogen) atoms. The summed E-state index contributed by atoms with van der Waals surface area (Å²) in [6, 6.07) is 11.6. The molecule has 6 heteroatoms. The fraction of sp³-hybridized carbons (Fsp3) is 0.286. The minimum atomic E-state index is -0.181. The zero-order valence-corrected chi connectivity index (χ0v) is 17.4. The maximum Gasteiger partial charge on any atom is 0.141 e. The molecule has 0 radical (unpaired) electrons. The fourth-order valence-electron chi connectivity index (χ4n) is 3.31. The molecule has 4 rings (SSSR count). The third kappa shape index (κ3) is 3.24. The monoisotopic (exact) mass is 398 g/mol. The Kier molecular flexibility index (Phi) is 4.48. The third-order valence-corrected chi connectivity index (χ3v) is 7.23. The first kappa shape index (κ1) is 18.1. The molecule has 0 amide bonds. The van der Waals surface area contributed by atoms with Crippen LogP contribution in [-0.4, -0.2) is 11.7 Å². The number of hydrogen-bond acceptors (Lipinski definition) is 6. The van der Waals surface area contributed by atoms with E-state index in [9.17, 15) is 5.11 Å².